The van der Waals surface area contributed by atoms with Gasteiger partial charge in [0, 0.05) is 27.9 Å². The van der Waals surface area contributed by atoms with Crippen LogP contribution < -0.4 is 14.8 Å². The molecule has 0 saturated carbocycles. The van der Waals surface area contributed by atoms with E-state index in [0.29, 0.717) is 11.5 Å². The van der Waals surface area contributed by atoms with Crippen molar-refractivity contribution in [2.45, 2.75) is 6.92 Å². The molecule has 0 spiro atoms. The molecule has 4 nitrogen and oxygen atoms in total. The third-order valence-electron chi connectivity index (χ3n) is 3.27. The highest BCUT2D eigenvalue weighted by Gasteiger charge is 2.08. The van der Waals surface area contributed by atoms with Gasteiger partial charge in [0.25, 0.3) is 0 Å². The van der Waals surface area contributed by atoms with Gasteiger partial charge in [-0.05, 0) is 42.8 Å². The van der Waals surface area contributed by atoms with Gasteiger partial charge in [-0.25, -0.2) is 0 Å². The first-order valence-corrected chi connectivity index (χ1v) is 7.80. The molecule has 1 amide bonds. The monoisotopic (exact) mass is 375 g/mol. The number of methoxy groups -OCH3 is 2. The predicted molar refractivity (Wildman–Crippen MR) is 96.0 cm³/mol. The molecule has 0 bridgehead atoms. The average molecular weight is 376 g/mol. The topological polar surface area (TPSA) is 47.6 Å². The van der Waals surface area contributed by atoms with E-state index in [-0.39, 0.29) is 5.91 Å². The lowest BCUT2D eigenvalue weighted by Crippen LogP contribution is -2.08. The minimum atomic E-state index is -0.196. The molecule has 0 aliphatic heterocycles. The number of allylic oxidation sites excluding steroid dienone is 1. The molecule has 0 aliphatic rings. The number of rotatable bonds is 5. The molecule has 0 unspecified atom stereocenters. The molecule has 0 atom stereocenters. The Bertz CT molecular complexity index is 741. The van der Waals surface area contributed by atoms with Gasteiger partial charge >= 0.3 is 0 Å². The molecule has 23 heavy (non-hydrogen) atoms. The van der Waals surface area contributed by atoms with E-state index in [9.17, 15) is 4.79 Å². The molecule has 0 fully saturated rings. The molecule has 2 aromatic carbocycles. The Morgan fingerprint density at radius 2 is 1.91 bits per heavy atom. The number of amides is 1. The standard InChI is InChI=1S/C18H18BrNO3/c1-12(16-8-7-15(22-2)11-17(16)23-3)9-18(21)20-14-6-4-5-13(19)10-14/h4-11H,1-3H3,(H,20,21)/b12-9+. The number of carbonyl (C=O) groups is 1. The lowest BCUT2D eigenvalue weighted by atomic mass is 10.1. The summed E-state index contributed by atoms with van der Waals surface area (Å²) in [7, 11) is 3.19. The molecule has 0 saturated heterocycles. The van der Waals surface area contributed by atoms with Gasteiger partial charge in [-0.15, -0.1) is 0 Å². The van der Waals surface area contributed by atoms with E-state index in [4.69, 9.17) is 9.47 Å². The van der Waals surface area contributed by atoms with Gasteiger partial charge in [-0.1, -0.05) is 22.0 Å². The van der Waals surface area contributed by atoms with Crippen LogP contribution in [0.15, 0.2) is 53.0 Å². The minimum absolute atomic E-state index is 0.196. The van der Waals surface area contributed by atoms with Crippen LogP contribution >= 0.6 is 15.9 Å². The third-order valence-corrected chi connectivity index (χ3v) is 3.77. The highest BCUT2D eigenvalue weighted by molar-refractivity contribution is 9.10. The Labute approximate surface area is 144 Å². The van der Waals surface area contributed by atoms with E-state index in [1.807, 2.05) is 43.3 Å². The van der Waals surface area contributed by atoms with Crippen LogP contribution in [0, 0.1) is 0 Å². The zero-order valence-electron chi connectivity index (χ0n) is 13.2. The quantitative estimate of drug-likeness (QED) is 0.782. The molecular weight excluding hydrogens is 358 g/mol. The van der Waals surface area contributed by atoms with Crippen molar-refractivity contribution in [1.29, 1.82) is 0 Å². The maximum absolute atomic E-state index is 12.2. The van der Waals surface area contributed by atoms with Crippen LogP contribution in [0.4, 0.5) is 5.69 Å². The first-order valence-electron chi connectivity index (χ1n) is 7.00. The Hall–Kier alpha value is -2.27. The number of hydrogen-bond donors (Lipinski definition) is 1. The molecule has 2 rings (SSSR count). The summed E-state index contributed by atoms with van der Waals surface area (Å²) in [4.78, 5) is 12.2. The van der Waals surface area contributed by atoms with E-state index in [1.165, 1.54) is 0 Å². The van der Waals surface area contributed by atoms with Crippen LogP contribution in [0.2, 0.25) is 0 Å². The van der Waals surface area contributed by atoms with Crippen LogP contribution in [0.3, 0.4) is 0 Å². The Morgan fingerprint density at radius 3 is 2.57 bits per heavy atom. The van der Waals surface area contributed by atoms with E-state index < -0.39 is 0 Å². The van der Waals surface area contributed by atoms with Crippen molar-refractivity contribution in [1.82, 2.24) is 0 Å². The number of halogens is 1. The minimum Gasteiger partial charge on any atom is -0.497 e. The number of anilines is 1. The fraction of sp³-hybridized carbons (Fsp3) is 0.167. The number of ether oxygens (including phenoxy) is 2. The molecule has 5 heteroatoms. The average Bonchev–Trinajstić information content (AvgIpc) is 2.53. The van der Waals surface area contributed by atoms with Crippen molar-refractivity contribution in [3.63, 3.8) is 0 Å². The van der Waals surface area contributed by atoms with Crippen LogP contribution in [-0.2, 0) is 4.79 Å². The van der Waals surface area contributed by atoms with Crippen LogP contribution in [0.25, 0.3) is 5.57 Å². The van der Waals surface area contributed by atoms with E-state index in [0.717, 1.165) is 21.3 Å². The summed E-state index contributed by atoms with van der Waals surface area (Å²) in [6, 6.07) is 12.9. The van der Waals surface area contributed by atoms with Gasteiger partial charge in [0.15, 0.2) is 0 Å². The van der Waals surface area contributed by atoms with Gasteiger partial charge in [0.1, 0.15) is 11.5 Å². The zero-order valence-corrected chi connectivity index (χ0v) is 14.8. The lowest BCUT2D eigenvalue weighted by Gasteiger charge is -2.11. The van der Waals surface area contributed by atoms with E-state index in [2.05, 4.69) is 21.2 Å². The Morgan fingerprint density at radius 1 is 1.13 bits per heavy atom. The van der Waals surface area contributed by atoms with Crippen molar-refractivity contribution in [2.75, 3.05) is 19.5 Å². The van der Waals surface area contributed by atoms with Crippen molar-refractivity contribution >= 4 is 33.1 Å². The largest absolute Gasteiger partial charge is 0.497 e. The first-order chi connectivity index (χ1) is 11.0. The summed E-state index contributed by atoms with van der Waals surface area (Å²) in [5, 5.41) is 2.83. The second-order valence-corrected chi connectivity index (χ2v) is 5.81. The smallest absolute Gasteiger partial charge is 0.248 e. The maximum atomic E-state index is 12.2. The lowest BCUT2D eigenvalue weighted by molar-refractivity contribution is -0.111. The summed E-state index contributed by atoms with van der Waals surface area (Å²) in [6.07, 6.45) is 1.55. The molecule has 0 heterocycles. The first kappa shape index (κ1) is 17.1. The van der Waals surface area contributed by atoms with Crippen molar-refractivity contribution < 1.29 is 14.3 Å². The molecule has 2 aromatic rings. The van der Waals surface area contributed by atoms with Crippen molar-refractivity contribution in [2.24, 2.45) is 0 Å². The summed E-state index contributed by atoms with van der Waals surface area (Å²) in [5.41, 5.74) is 2.38. The van der Waals surface area contributed by atoms with Crippen molar-refractivity contribution in [3.05, 3.63) is 58.6 Å². The van der Waals surface area contributed by atoms with Gasteiger partial charge in [0.05, 0.1) is 14.2 Å². The molecule has 0 aliphatic carbocycles. The second kappa shape index (κ2) is 7.83. The Balaban J connectivity index is 2.20. The number of hydrogen-bond acceptors (Lipinski definition) is 3. The summed E-state index contributed by atoms with van der Waals surface area (Å²) in [5.74, 6) is 1.17. The predicted octanol–water partition coefficient (Wildman–Crippen LogP) is 4.51. The molecule has 0 aromatic heterocycles. The van der Waals surface area contributed by atoms with Crippen LogP contribution in [0.1, 0.15) is 12.5 Å². The summed E-state index contributed by atoms with van der Waals surface area (Å²) < 4.78 is 11.5. The molecular formula is C18H18BrNO3. The van der Waals surface area contributed by atoms with Gasteiger partial charge in [0.2, 0.25) is 5.91 Å². The zero-order chi connectivity index (χ0) is 16.8. The molecule has 0 radical (unpaired) electrons. The van der Waals surface area contributed by atoms with Crippen LogP contribution in [-0.4, -0.2) is 20.1 Å². The number of carbonyl (C=O) groups excluding carboxylic acids is 1. The number of benzene rings is 2. The molecule has 1 N–H and O–H groups in total. The highest BCUT2D eigenvalue weighted by Crippen LogP contribution is 2.30. The highest BCUT2D eigenvalue weighted by atomic mass is 79.9. The maximum Gasteiger partial charge on any atom is 0.248 e. The van der Waals surface area contributed by atoms with E-state index in [1.54, 1.807) is 26.4 Å². The summed E-state index contributed by atoms with van der Waals surface area (Å²) >= 11 is 3.38. The normalized spacial score (nSPS) is 11.0. The van der Waals surface area contributed by atoms with Gasteiger partial charge < -0.3 is 14.8 Å². The SMILES string of the molecule is COc1ccc(/C(C)=C/C(=O)Nc2cccc(Br)c2)c(OC)c1. The van der Waals surface area contributed by atoms with Crippen LogP contribution in [0.5, 0.6) is 11.5 Å². The fourth-order valence-electron chi connectivity index (χ4n) is 2.14. The third kappa shape index (κ3) is 4.60. The van der Waals surface area contributed by atoms with E-state index >= 15 is 0 Å². The number of nitrogens with one attached hydrogen (secondary N) is 1. The summed E-state index contributed by atoms with van der Waals surface area (Å²) in [6.45, 7) is 1.87. The molecule has 120 valence electrons. The van der Waals surface area contributed by atoms with Gasteiger partial charge in [-0.3, -0.25) is 4.79 Å². The fourth-order valence-corrected chi connectivity index (χ4v) is 2.54. The Kier molecular flexibility index (Phi) is 5.82. The second-order valence-electron chi connectivity index (χ2n) is 4.89. The van der Waals surface area contributed by atoms with Gasteiger partial charge in [-0.2, -0.15) is 0 Å². The van der Waals surface area contributed by atoms with Crippen molar-refractivity contribution in [3.8, 4) is 11.5 Å².